The Bertz CT molecular complexity index is 1180. The van der Waals surface area contributed by atoms with E-state index in [1.165, 1.54) is 4.90 Å². The summed E-state index contributed by atoms with van der Waals surface area (Å²) in [5.74, 6) is -0.644. The highest BCUT2D eigenvalue weighted by atomic mass is 35.5. The summed E-state index contributed by atoms with van der Waals surface area (Å²) >= 11 is 6.04. The van der Waals surface area contributed by atoms with E-state index in [0.29, 0.717) is 17.1 Å². The fourth-order valence-corrected chi connectivity index (χ4v) is 5.68. The number of anilines is 1. The minimum atomic E-state index is -3.77. The highest BCUT2D eigenvalue weighted by Gasteiger charge is 2.33. The van der Waals surface area contributed by atoms with Gasteiger partial charge in [0, 0.05) is 17.6 Å². The van der Waals surface area contributed by atoms with E-state index in [9.17, 15) is 18.0 Å². The van der Waals surface area contributed by atoms with Gasteiger partial charge in [0.2, 0.25) is 21.8 Å². The molecule has 1 atom stereocenters. The molecule has 2 aromatic rings. The molecule has 7 nitrogen and oxygen atoms in total. The molecule has 1 fully saturated rings. The van der Waals surface area contributed by atoms with Gasteiger partial charge in [-0.3, -0.25) is 13.9 Å². The molecule has 1 aliphatic carbocycles. The van der Waals surface area contributed by atoms with E-state index < -0.39 is 28.5 Å². The molecule has 0 spiro atoms. The number of carbonyl (C=O) groups is 2. The van der Waals surface area contributed by atoms with Crippen LogP contribution in [-0.2, 0) is 26.2 Å². The molecule has 0 radical (unpaired) electrons. The predicted molar refractivity (Wildman–Crippen MR) is 145 cm³/mol. The fraction of sp³-hybridized carbons (Fsp3) is 0.481. The molecule has 0 aliphatic heterocycles. The number of hydrogen-bond donors (Lipinski definition) is 1. The summed E-state index contributed by atoms with van der Waals surface area (Å²) in [5.41, 5.74) is 2.89. The Balaban J connectivity index is 1.94. The van der Waals surface area contributed by atoms with Gasteiger partial charge >= 0.3 is 0 Å². The quantitative estimate of drug-likeness (QED) is 0.484. The first-order valence-electron chi connectivity index (χ1n) is 12.4. The second-order valence-electron chi connectivity index (χ2n) is 9.62. The SMILES string of the molecule is CC[C@@H](C(=O)NC1CCCC1)N(Cc1ccc(Cl)cc1)C(=O)CN(c1cc(C)ccc1C)S(C)(=O)=O. The number of hydrogen-bond acceptors (Lipinski definition) is 4. The van der Waals surface area contributed by atoms with E-state index in [-0.39, 0.29) is 18.5 Å². The van der Waals surface area contributed by atoms with Crippen LogP contribution in [0.2, 0.25) is 5.02 Å². The number of carbonyl (C=O) groups excluding carboxylic acids is 2. The molecule has 2 aromatic carbocycles. The van der Waals surface area contributed by atoms with Crippen LogP contribution in [0, 0.1) is 13.8 Å². The van der Waals surface area contributed by atoms with Gasteiger partial charge in [-0.1, -0.05) is 55.6 Å². The van der Waals surface area contributed by atoms with Crippen LogP contribution in [0.5, 0.6) is 0 Å². The van der Waals surface area contributed by atoms with Crippen molar-refractivity contribution >= 4 is 39.1 Å². The third-order valence-corrected chi connectivity index (χ3v) is 8.04. The molecule has 0 unspecified atom stereocenters. The second-order valence-corrected chi connectivity index (χ2v) is 12.0. The summed E-state index contributed by atoms with van der Waals surface area (Å²) in [6, 6.07) is 12.0. The Morgan fingerprint density at radius 3 is 2.31 bits per heavy atom. The summed E-state index contributed by atoms with van der Waals surface area (Å²) in [5, 5.41) is 3.68. The predicted octanol–water partition coefficient (Wildman–Crippen LogP) is 4.59. The lowest BCUT2D eigenvalue weighted by Crippen LogP contribution is -2.53. The third-order valence-electron chi connectivity index (χ3n) is 6.67. The molecular formula is C27H36ClN3O4S. The van der Waals surface area contributed by atoms with Gasteiger partial charge in [0.1, 0.15) is 12.6 Å². The van der Waals surface area contributed by atoms with Crippen molar-refractivity contribution in [3.8, 4) is 0 Å². The van der Waals surface area contributed by atoms with Crippen LogP contribution in [0.1, 0.15) is 55.7 Å². The van der Waals surface area contributed by atoms with Crippen molar-refractivity contribution in [2.24, 2.45) is 0 Å². The van der Waals surface area contributed by atoms with Gasteiger partial charge in [-0.25, -0.2) is 8.42 Å². The Morgan fingerprint density at radius 1 is 1.08 bits per heavy atom. The summed E-state index contributed by atoms with van der Waals surface area (Å²) in [4.78, 5) is 28.6. The van der Waals surface area contributed by atoms with Crippen LogP contribution in [0.4, 0.5) is 5.69 Å². The zero-order chi connectivity index (χ0) is 26.5. The molecule has 0 heterocycles. The van der Waals surface area contributed by atoms with E-state index in [4.69, 9.17) is 11.6 Å². The number of nitrogens with one attached hydrogen (secondary N) is 1. The standard InChI is InChI=1S/C27H36ClN3O4S/c1-5-24(27(33)29-23-8-6-7-9-23)30(17-21-12-14-22(28)15-13-21)26(32)18-31(36(4,34)35)25-16-19(2)10-11-20(25)3/h10-16,23-24H,5-9,17-18H2,1-4H3,(H,29,33)/t24-/m0/s1. The molecule has 0 aromatic heterocycles. The Kier molecular flexibility index (Phi) is 9.41. The van der Waals surface area contributed by atoms with E-state index in [2.05, 4.69) is 5.32 Å². The summed E-state index contributed by atoms with van der Waals surface area (Å²) in [7, 11) is -3.77. The van der Waals surface area contributed by atoms with Gasteiger partial charge in [-0.05, 0) is 68.0 Å². The van der Waals surface area contributed by atoms with E-state index in [0.717, 1.165) is 52.9 Å². The van der Waals surface area contributed by atoms with Crippen LogP contribution in [0.25, 0.3) is 0 Å². The van der Waals surface area contributed by atoms with Crippen molar-refractivity contribution in [3.63, 3.8) is 0 Å². The number of rotatable bonds is 10. The lowest BCUT2D eigenvalue weighted by atomic mass is 10.1. The van der Waals surface area contributed by atoms with Crippen molar-refractivity contribution in [2.45, 2.75) is 71.5 Å². The molecule has 9 heteroatoms. The first kappa shape index (κ1) is 28.0. The third kappa shape index (κ3) is 7.23. The van der Waals surface area contributed by atoms with E-state index in [1.54, 1.807) is 18.2 Å². The molecule has 0 saturated heterocycles. The Morgan fingerprint density at radius 2 is 1.72 bits per heavy atom. The normalized spacial score (nSPS) is 14.9. The highest BCUT2D eigenvalue weighted by Crippen LogP contribution is 2.25. The monoisotopic (exact) mass is 533 g/mol. The van der Waals surface area contributed by atoms with Crippen LogP contribution in [0.3, 0.4) is 0 Å². The maximum absolute atomic E-state index is 13.8. The minimum Gasteiger partial charge on any atom is -0.352 e. The molecule has 1 aliphatic rings. The zero-order valence-electron chi connectivity index (χ0n) is 21.5. The van der Waals surface area contributed by atoms with Crippen molar-refractivity contribution in [2.75, 3.05) is 17.1 Å². The van der Waals surface area contributed by atoms with Crippen LogP contribution in [-0.4, -0.2) is 50.0 Å². The number of amides is 2. The molecular weight excluding hydrogens is 498 g/mol. The highest BCUT2D eigenvalue weighted by molar-refractivity contribution is 7.92. The van der Waals surface area contributed by atoms with Crippen LogP contribution >= 0.6 is 11.6 Å². The molecule has 1 N–H and O–H groups in total. The zero-order valence-corrected chi connectivity index (χ0v) is 23.0. The summed E-state index contributed by atoms with van der Waals surface area (Å²) in [6.07, 6.45) is 5.52. The Labute approximate surface area is 219 Å². The molecule has 3 rings (SSSR count). The maximum atomic E-state index is 13.8. The average Bonchev–Trinajstić information content (AvgIpc) is 3.32. The van der Waals surface area contributed by atoms with Gasteiger partial charge < -0.3 is 10.2 Å². The second kappa shape index (κ2) is 12.1. The first-order chi connectivity index (χ1) is 17.0. The number of nitrogens with zero attached hydrogens (tertiary/aromatic N) is 2. The number of aryl methyl sites for hydroxylation is 2. The number of halogens is 1. The molecule has 1 saturated carbocycles. The topological polar surface area (TPSA) is 86.8 Å². The number of benzene rings is 2. The molecule has 36 heavy (non-hydrogen) atoms. The van der Waals surface area contributed by atoms with Gasteiger partial charge in [0.25, 0.3) is 0 Å². The lowest BCUT2D eigenvalue weighted by molar-refractivity contribution is -0.140. The first-order valence-corrected chi connectivity index (χ1v) is 14.6. The molecule has 196 valence electrons. The van der Waals surface area contributed by atoms with Gasteiger partial charge in [0.15, 0.2) is 0 Å². The maximum Gasteiger partial charge on any atom is 0.244 e. The van der Waals surface area contributed by atoms with E-state index in [1.807, 2.05) is 45.0 Å². The van der Waals surface area contributed by atoms with Crippen LogP contribution < -0.4 is 9.62 Å². The van der Waals surface area contributed by atoms with Crippen molar-refractivity contribution in [1.29, 1.82) is 0 Å². The smallest absolute Gasteiger partial charge is 0.244 e. The number of sulfonamides is 1. The molecule has 0 bridgehead atoms. The van der Waals surface area contributed by atoms with Gasteiger partial charge in [-0.2, -0.15) is 0 Å². The van der Waals surface area contributed by atoms with Gasteiger partial charge in [-0.15, -0.1) is 0 Å². The van der Waals surface area contributed by atoms with Crippen molar-refractivity contribution in [1.82, 2.24) is 10.2 Å². The average molecular weight is 534 g/mol. The molecule has 2 amide bonds. The van der Waals surface area contributed by atoms with E-state index >= 15 is 0 Å². The summed E-state index contributed by atoms with van der Waals surface area (Å²) in [6.45, 7) is 5.31. The summed E-state index contributed by atoms with van der Waals surface area (Å²) < 4.78 is 26.8. The van der Waals surface area contributed by atoms with Crippen molar-refractivity contribution < 1.29 is 18.0 Å². The largest absolute Gasteiger partial charge is 0.352 e. The fourth-order valence-electron chi connectivity index (χ4n) is 4.66. The van der Waals surface area contributed by atoms with Crippen LogP contribution in [0.15, 0.2) is 42.5 Å². The van der Waals surface area contributed by atoms with Crippen molar-refractivity contribution in [3.05, 3.63) is 64.2 Å². The van der Waals surface area contributed by atoms with Gasteiger partial charge in [0.05, 0.1) is 11.9 Å². The minimum absolute atomic E-state index is 0.112. The lowest BCUT2D eigenvalue weighted by Gasteiger charge is -2.33. The Hall–Kier alpha value is -2.58.